The van der Waals surface area contributed by atoms with Crippen LogP contribution in [0.15, 0.2) is 35.2 Å². The van der Waals surface area contributed by atoms with E-state index in [0.29, 0.717) is 9.88 Å². The van der Waals surface area contributed by atoms with Gasteiger partial charge < -0.3 is 5.32 Å². The van der Waals surface area contributed by atoms with Gasteiger partial charge in [-0.25, -0.2) is 8.42 Å². The van der Waals surface area contributed by atoms with Crippen LogP contribution in [0.5, 0.6) is 0 Å². The summed E-state index contributed by atoms with van der Waals surface area (Å²) >= 11 is 5.21. The van der Waals surface area contributed by atoms with E-state index in [1.807, 2.05) is 18.2 Å². The summed E-state index contributed by atoms with van der Waals surface area (Å²) in [5, 5.41) is 4.72. The Kier molecular flexibility index (Phi) is 2.06. The third kappa shape index (κ3) is 1.46. The fourth-order valence-electron chi connectivity index (χ4n) is 2.19. The van der Waals surface area contributed by atoms with Gasteiger partial charge in [0.1, 0.15) is 4.99 Å². The summed E-state index contributed by atoms with van der Waals surface area (Å²) in [5.41, 5.74) is 1.78. The summed E-state index contributed by atoms with van der Waals surface area (Å²) in [4.78, 5) is 1.00. The van der Waals surface area contributed by atoms with Crippen molar-refractivity contribution in [1.29, 1.82) is 0 Å². The van der Waals surface area contributed by atoms with E-state index < -0.39 is 9.84 Å². The van der Waals surface area contributed by atoms with Crippen LogP contribution in [0, 0.1) is 0 Å². The lowest BCUT2D eigenvalue weighted by Gasteiger charge is -2.05. The molecule has 1 aliphatic rings. The van der Waals surface area contributed by atoms with Crippen molar-refractivity contribution in [3.05, 3.63) is 35.9 Å². The number of hydrogen-bond acceptors (Lipinski definition) is 3. The minimum Gasteiger partial charge on any atom is -0.346 e. The van der Waals surface area contributed by atoms with Crippen molar-refractivity contribution in [3.8, 4) is 0 Å². The Balaban J connectivity index is 2.54. The monoisotopic (exact) mass is 263 g/mol. The molecule has 0 bridgehead atoms. The highest BCUT2D eigenvalue weighted by molar-refractivity contribution is 7.91. The van der Waals surface area contributed by atoms with E-state index in [1.54, 1.807) is 12.1 Å². The van der Waals surface area contributed by atoms with Crippen LogP contribution in [0.2, 0.25) is 0 Å². The number of anilines is 1. The van der Waals surface area contributed by atoms with E-state index in [4.69, 9.17) is 12.2 Å². The Morgan fingerprint density at radius 3 is 2.65 bits per heavy atom. The van der Waals surface area contributed by atoms with Gasteiger partial charge in [-0.15, -0.1) is 0 Å². The minimum atomic E-state index is -3.22. The van der Waals surface area contributed by atoms with E-state index in [-0.39, 0.29) is 0 Å². The Bertz CT molecular complexity index is 763. The van der Waals surface area contributed by atoms with E-state index >= 15 is 0 Å². The van der Waals surface area contributed by atoms with Crippen molar-refractivity contribution < 1.29 is 8.42 Å². The first-order valence-corrected chi connectivity index (χ1v) is 7.35. The minimum absolute atomic E-state index is 0.351. The highest BCUT2D eigenvalue weighted by atomic mass is 32.2. The van der Waals surface area contributed by atoms with Crippen molar-refractivity contribution in [2.75, 3.05) is 11.6 Å². The largest absolute Gasteiger partial charge is 0.346 e. The van der Waals surface area contributed by atoms with E-state index in [0.717, 1.165) is 22.0 Å². The fraction of sp³-hybridized carbons (Fsp3) is 0.0833. The maximum Gasteiger partial charge on any atom is 0.176 e. The molecule has 2 aromatic rings. The summed E-state index contributed by atoms with van der Waals surface area (Å²) in [5.74, 6) is 0. The number of sulfone groups is 1. The van der Waals surface area contributed by atoms with Crippen LogP contribution in [0.25, 0.3) is 10.8 Å². The van der Waals surface area contributed by atoms with Crippen molar-refractivity contribution in [1.82, 2.24) is 0 Å². The maximum atomic E-state index is 11.7. The molecule has 0 saturated carbocycles. The van der Waals surface area contributed by atoms with Crippen molar-refractivity contribution >= 4 is 43.5 Å². The number of benzene rings is 2. The smallest absolute Gasteiger partial charge is 0.176 e. The molecule has 3 nitrogen and oxygen atoms in total. The lowest BCUT2D eigenvalue weighted by Crippen LogP contribution is -2.01. The van der Waals surface area contributed by atoms with Gasteiger partial charge >= 0.3 is 0 Å². The lowest BCUT2D eigenvalue weighted by atomic mass is 10.1. The normalized spacial score (nSPS) is 14.1. The molecule has 0 aromatic heterocycles. The van der Waals surface area contributed by atoms with Gasteiger partial charge in [-0.05, 0) is 12.1 Å². The summed E-state index contributed by atoms with van der Waals surface area (Å²) < 4.78 is 23.4. The summed E-state index contributed by atoms with van der Waals surface area (Å²) in [6.07, 6.45) is 1.22. The Morgan fingerprint density at radius 2 is 1.94 bits per heavy atom. The number of rotatable bonds is 1. The second kappa shape index (κ2) is 3.27. The highest BCUT2D eigenvalue weighted by Gasteiger charge is 2.22. The van der Waals surface area contributed by atoms with Gasteiger partial charge in [0.25, 0.3) is 0 Å². The molecule has 86 valence electrons. The Morgan fingerprint density at radius 1 is 1.18 bits per heavy atom. The van der Waals surface area contributed by atoms with E-state index in [2.05, 4.69) is 5.32 Å². The first kappa shape index (κ1) is 10.7. The van der Waals surface area contributed by atoms with Gasteiger partial charge in [0, 0.05) is 28.3 Å². The molecule has 0 atom stereocenters. The van der Waals surface area contributed by atoms with Gasteiger partial charge in [-0.1, -0.05) is 30.4 Å². The summed E-state index contributed by atoms with van der Waals surface area (Å²) in [6.45, 7) is 0. The third-order valence-corrected chi connectivity index (χ3v) is 4.37. The number of thiocarbonyl (C=S) groups is 1. The fourth-order valence-corrected chi connectivity index (χ4v) is 3.35. The molecule has 0 unspecified atom stereocenters. The van der Waals surface area contributed by atoms with E-state index in [1.165, 1.54) is 6.26 Å². The van der Waals surface area contributed by atoms with E-state index in [9.17, 15) is 8.42 Å². The van der Waals surface area contributed by atoms with Crippen molar-refractivity contribution in [2.24, 2.45) is 0 Å². The quantitative estimate of drug-likeness (QED) is 0.802. The van der Waals surface area contributed by atoms with Crippen molar-refractivity contribution in [3.63, 3.8) is 0 Å². The second-order valence-corrected chi connectivity index (χ2v) is 6.46. The first-order chi connectivity index (χ1) is 7.98. The highest BCUT2D eigenvalue weighted by Crippen LogP contribution is 2.36. The standard InChI is InChI=1S/C12H9NO2S2/c1-17(14,15)10-6-5-9-11-7(10)3-2-4-8(11)12(16)13-9/h2-6H,1H3,(H,13,16). The van der Waals surface area contributed by atoms with Crippen LogP contribution in [-0.4, -0.2) is 19.7 Å². The molecule has 0 amide bonds. The lowest BCUT2D eigenvalue weighted by molar-refractivity contribution is 0.602. The molecule has 1 heterocycles. The molecule has 3 rings (SSSR count). The summed E-state index contributed by atoms with van der Waals surface area (Å²) in [7, 11) is -3.22. The van der Waals surface area contributed by atoms with Gasteiger partial charge in [0.05, 0.1) is 4.90 Å². The zero-order valence-corrected chi connectivity index (χ0v) is 10.7. The molecular formula is C12H9NO2S2. The molecule has 0 spiro atoms. The van der Waals surface area contributed by atoms with Crippen molar-refractivity contribution in [2.45, 2.75) is 4.90 Å². The maximum absolute atomic E-state index is 11.7. The van der Waals surface area contributed by atoms with Gasteiger partial charge in [-0.2, -0.15) is 0 Å². The molecule has 0 fully saturated rings. The first-order valence-electron chi connectivity index (χ1n) is 5.05. The molecule has 5 heteroatoms. The SMILES string of the molecule is CS(=O)(=O)c1ccc2c3c(cccc13)C(=S)N2. The number of hydrogen-bond donors (Lipinski definition) is 1. The van der Waals surface area contributed by atoms with Gasteiger partial charge in [-0.3, -0.25) is 0 Å². The Labute approximate surface area is 104 Å². The molecule has 1 N–H and O–H groups in total. The summed E-state index contributed by atoms with van der Waals surface area (Å²) in [6, 6.07) is 8.93. The van der Waals surface area contributed by atoms with Gasteiger partial charge in [0.2, 0.25) is 0 Å². The van der Waals surface area contributed by atoms with Crippen LogP contribution in [0.1, 0.15) is 5.56 Å². The molecule has 17 heavy (non-hydrogen) atoms. The molecule has 0 saturated heterocycles. The van der Waals surface area contributed by atoms with Crippen LogP contribution in [-0.2, 0) is 9.84 Å². The van der Waals surface area contributed by atoms with Crippen LogP contribution in [0.3, 0.4) is 0 Å². The average Bonchev–Trinajstić information content (AvgIpc) is 2.57. The van der Waals surface area contributed by atoms with Crippen LogP contribution in [0.4, 0.5) is 5.69 Å². The predicted molar refractivity (Wildman–Crippen MR) is 72.4 cm³/mol. The average molecular weight is 263 g/mol. The molecule has 0 radical (unpaired) electrons. The van der Waals surface area contributed by atoms with Crippen LogP contribution >= 0.6 is 12.2 Å². The molecule has 2 aromatic carbocycles. The third-order valence-electron chi connectivity index (χ3n) is 2.89. The zero-order chi connectivity index (χ0) is 12.2. The predicted octanol–water partition coefficient (Wildman–Crippen LogP) is 2.34. The molecular weight excluding hydrogens is 254 g/mol. The number of nitrogens with one attached hydrogen (secondary N) is 1. The zero-order valence-electron chi connectivity index (χ0n) is 9.02. The molecule has 0 aliphatic carbocycles. The Hall–Kier alpha value is -1.46. The van der Waals surface area contributed by atoms with Crippen LogP contribution < -0.4 is 5.32 Å². The molecule has 1 aliphatic heterocycles. The second-order valence-electron chi connectivity index (χ2n) is 4.07. The topological polar surface area (TPSA) is 46.2 Å². The van der Waals surface area contributed by atoms with Gasteiger partial charge in [0.15, 0.2) is 9.84 Å².